The first kappa shape index (κ1) is 21.9. The van der Waals surface area contributed by atoms with E-state index in [1.807, 2.05) is 23.1 Å². The Labute approximate surface area is 195 Å². The number of carbonyl (C=O) groups is 1. The summed E-state index contributed by atoms with van der Waals surface area (Å²) in [5, 5.41) is 10.8. The van der Waals surface area contributed by atoms with E-state index in [0.717, 1.165) is 62.2 Å². The smallest absolute Gasteiger partial charge is 0.253 e. The molecule has 0 bridgehead atoms. The largest absolute Gasteiger partial charge is 0.492 e. The number of carbonyl (C=O) groups excluding carboxylic acids is 1. The molecule has 1 aromatic heterocycles. The average Bonchev–Trinajstić information content (AvgIpc) is 3.30. The maximum atomic E-state index is 13.2. The summed E-state index contributed by atoms with van der Waals surface area (Å²) in [6.45, 7) is 4.30. The topological polar surface area (TPSA) is 74.3 Å². The van der Waals surface area contributed by atoms with Gasteiger partial charge in [-0.2, -0.15) is 15.4 Å². The van der Waals surface area contributed by atoms with E-state index in [1.54, 1.807) is 0 Å². The van der Waals surface area contributed by atoms with E-state index in [0.29, 0.717) is 12.2 Å². The third-order valence-corrected chi connectivity index (χ3v) is 7.39. The zero-order valence-electron chi connectivity index (χ0n) is 19.4. The molecule has 3 aromatic rings. The fraction of sp³-hybridized carbons (Fsp3) is 0.500. The quantitative estimate of drug-likeness (QED) is 0.612. The van der Waals surface area contributed by atoms with Gasteiger partial charge in [0, 0.05) is 31.7 Å². The highest BCUT2D eigenvalue weighted by molar-refractivity contribution is 5.97. The molecule has 0 radical (unpaired) electrons. The molecule has 174 valence electrons. The number of ether oxygens (including phenoxy) is 1. The van der Waals surface area contributed by atoms with Crippen LogP contribution in [0.3, 0.4) is 0 Å². The minimum atomic E-state index is 0.0984. The minimum absolute atomic E-state index is 0.0984. The third kappa shape index (κ3) is 4.88. The van der Waals surface area contributed by atoms with Crippen LogP contribution >= 0.6 is 0 Å². The van der Waals surface area contributed by atoms with Gasteiger partial charge < -0.3 is 14.5 Å². The second-order valence-corrected chi connectivity index (χ2v) is 9.72. The summed E-state index contributed by atoms with van der Waals surface area (Å²) in [6.07, 6.45) is 6.76. The minimum Gasteiger partial charge on any atom is -0.492 e. The van der Waals surface area contributed by atoms with Gasteiger partial charge in [-0.15, -0.1) is 0 Å². The molecule has 0 atom stereocenters. The number of aromatic nitrogens is 3. The van der Waals surface area contributed by atoms with Gasteiger partial charge >= 0.3 is 0 Å². The van der Waals surface area contributed by atoms with Crippen LogP contribution in [0, 0.1) is 5.41 Å². The van der Waals surface area contributed by atoms with Gasteiger partial charge in [0.15, 0.2) is 0 Å². The summed E-state index contributed by atoms with van der Waals surface area (Å²) in [7, 11) is 2.20. The predicted molar refractivity (Wildman–Crippen MR) is 128 cm³/mol. The Morgan fingerprint density at radius 2 is 1.82 bits per heavy atom. The molecule has 1 amide bonds. The van der Waals surface area contributed by atoms with Gasteiger partial charge in [0.2, 0.25) is 0 Å². The van der Waals surface area contributed by atoms with E-state index in [2.05, 4.69) is 51.6 Å². The van der Waals surface area contributed by atoms with Crippen LogP contribution in [0.25, 0.3) is 11.0 Å². The van der Waals surface area contributed by atoms with Crippen LogP contribution in [0.15, 0.2) is 42.5 Å². The van der Waals surface area contributed by atoms with Gasteiger partial charge in [0.05, 0.1) is 0 Å². The molecule has 2 aliphatic heterocycles. The number of aromatic amines is 1. The van der Waals surface area contributed by atoms with Crippen molar-refractivity contribution in [3.63, 3.8) is 0 Å². The van der Waals surface area contributed by atoms with Gasteiger partial charge in [0.25, 0.3) is 5.91 Å². The highest BCUT2D eigenvalue weighted by Gasteiger charge is 2.36. The zero-order chi connectivity index (χ0) is 22.7. The molecule has 1 N–H and O–H groups in total. The number of hydrogen-bond donors (Lipinski definition) is 1. The summed E-state index contributed by atoms with van der Waals surface area (Å²) in [6, 6.07) is 14.0. The first-order valence-electron chi connectivity index (χ1n) is 12.1. The number of amides is 1. The number of rotatable bonds is 1. The lowest BCUT2D eigenvalue weighted by Crippen LogP contribution is -2.48. The molecule has 1 fully saturated rings. The Morgan fingerprint density at radius 3 is 2.70 bits per heavy atom. The van der Waals surface area contributed by atoms with Gasteiger partial charge in [0.1, 0.15) is 23.4 Å². The highest BCUT2D eigenvalue weighted by Crippen LogP contribution is 2.38. The number of benzene rings is 2. The lowest BCUT2D eigenvalue weighted by molar-refractivity contribution is 0.0425. The van der Waals surface area contributed by atoms with Crippen LogP contribution in [0.5, 0.6) is 5.75 Å². The molecular weight excluding hydrogens is 414 g/mol. The van der Waals surface area contributed by atoms with E-state index in [9.17, 15) is 4.79 Å². The number of nitrogens with zero attached hydrogens (tertiary/aromatic N) is 4. The average molecular weight is 448 g/mol. The number of fused-ring (bicyclic) bond motifs is 2. The zero-order valence-corrected chi connectivity index (χ0v) is 19.4. The number of nitrogens with one attached hydrogen (secondary N) is 1. The number of likely N-dealkylation sites (tertiary alicyclic amines) is 1. The molecule has 7 nitrogen and oxygen atoms in total. The third-order valence-electron chi connectivity index (χ3n) is 7.39. The van der Waals surface area contributed by atoms with E-state index >= 15 is 0 Å². The fourth-order valence-electron chi connectivity index (χ4n) is 5.46. The summed E-state index contributed by atoms with van der Waals surface area (Å²) < 4.78 is 6.12. The van der Waals surface area contributed by atoms with Crippen molar-refractivity contribution < 1.29 is 9.53 Å². The molecule has 3 heterocycles. The van der Waals surface area contributed by atoms with Crippen molar-refractivity contribution in [1.29, 1.82) is 0 Å². The summed E-state index contributed by atoms with van der Waals surface area (Å²) in [5.74, 6) is 1.14. The van der Waals surface area contributed by atoms with E-state index < -0.39 is 0 Å². The molecule has 1 saturated heterocycles. The number of para-hydroxylation sites is 1. The molecule has 0 saturated carbocycles. The van der Waals surface area contributed by atoms with Crippen molar-refractivity contribution >= 4 is 16.9 Å². The Morgan fingerprint density at radius 1 is 1.00 bits per heavy atom. The molecule has 0 unspecified atom stereocenters. The lowest BCUT2D eigenvalue weighted by atomic mass is 9.73. The van der Waals surface area contributed by atoms with Crippen LogP contribution in [0.2, 0.25) is 0 Å². The SMILES string of the molecule is CN1CCOc2ccccc2CCCCC2(CCN(C(=O)c3ccc4n[nH]nc4c3)CC2)C1. The van der Waals surface area contributed by atoms with Crippen molar-refractivity contribution in [2.75, 3.05) is 39.8 Å². The lowest BCUT2D eigenvalue weighted by Gasteiger charge is -2.44. The van der Waals surface area contributed by atoms with Crippen LogP contribution in [0.1, 0.15) is 48.0 Å². The Hall–Kier alpha value is -2.93. The second kappa shape index (κ2) is 9.51. The second-order valence-electron chi connectivity index (χ2n) is 9.72. The van der Waals surface area contributed by atoms with Crippen molar-refractivity contribution in [2.24, 2.45) is 5.41 Å². The molecule has 2 aliphatic rings. The normalized spacial score (nSPS) is 20.0. The van der Waals surface area contributed by atoms with Crippen molar-refractivity contribution in [3.05, 3.63) is 53.6 Å². The van der Waals surface area contributed by atoms with Crippen LogP contribution in [0.4, 0.5) is 0 Å². The summed E-state index contributed by atoms with van der Waals surface area (Å²) in [4.78, 5) is 17.6. The monoisotopic (exact) mass is 447 g/mol. The first-order valence-corrected chi connectivity index (χ1v) is 12.1. The van der Waals surface area contributed by atoms with Gasteiger partial charge in [-0.3, -0.25) is 4.79 Å². The number of aryl methyl sites for hydroxylation is 1. The molecule has 5 rings (SSSR count). The maximum Gasteiger partial charge on any atom is 0.253 e. The summed E-state index contributed by atoms with van der Waals surface area (Å²) >= 11 is 0. The number of likely N-dealkylation sites (N-methyl/N-ethyl adjacent to an activating group) is 1. The number of piperidine rings is 1. The van der Waals surface area contributed by atoms with E-state index in [-0.39, 0.29) is 11.3 Å². The van der Waals surface area contributed by atoms with Crippen molar-refractivity contribution in [3.8, 4) is 5.75 Å². The number of H-pyrrole nitrogens is 1. The first-order chi connectivity index (χ1) is 16.1. The Bertz CT molecular complexity index is 1100. The number of hydrogen-bond acceptors (Lipinski definition) is 5. The summed E-state index contributed by atoms with van der Waals surface area (Å²) in [5.41, 5.74) is 3.80. The maximum absolute atomic E-state index is 13.2. The van der Waals surface area contributed by atoms with Crippen LogP contribution in [-0.2, 0) is 6.42 Å². The van der Waals surface area contributed by atoms with Gasteiger partial charge in [-0.05, 0) is 74.4 Å². The predicted octanol–water partition coefficient (Wildman–Crippen LogP) is 3.92. The molecule has 7 heteroatoms. The Balaban J connectivity index is 1.24. The van der Waals surface area contributed by atoms with E-state index in [4.69, 9.17) is 4.74 Å². The van der Waals surface area contributed by atoms with Gasteiger partial charge in [-0.1, -0.05) is 24.6 Å². The molecule has 0 aliphatic carbocycles. The molecule has 1 spiro atoms. The molecular formula is C26H33N5O2. The van der Waals surface area contributed by atoms with Crippen molar-refractivity contribution in [1.82, 2.24) is 25.2 Å². The Kier molecular flexibility index (Phi) is 6.31. The van der Waals surface area contributed by atoms with Crippen LogP contribution in [-0.4, -0.2) is 71.0 Å². The highest BCUT2D eigenvalue weighted by atomic mass is 16.5. The molecule has 2 aromatic carbocycles. The standard InChI is InChI=1S/C26H33N5O2/c1-30-16-17-33-24-8-3-2-6-20(24)7-4-5-11-26(19-30)12-14-31(15-13-26)25(32)21-9-10-22-23(18-21)28-29-27-22/h2-3,6,8-10,18H,4-5,7,11-17,19H2,1H3,(H,27,28,29). The van der Waals surface area contributed by atoms with E-state index in [1.165, 1.54) is 24.8 Å². The molecule has 33 heavy (non-hydrogen) atoms. The fourth-order valence-corrected chi connectivity index (χ4v) is 5.46. The van der Waals surface area contributed by atoms with Gasteiger partial charge in [-0.25, -0.2) is 0 Å². The van der Waals surface area contributed by atoms with Crippen LogP contribution < -0.4 is 4.74 Å². The van der Waals surface area contributed by atoms with Crippen molar-refractivity contribution in [2.45, 2.75) is 38.5 Å².